The Morgan fingerprint density at radius 1 is 1.45 bits per heavy atom. The summed E-state index contributed by atoms with van der Waals surface area (Å²) in [6, 6.07) is 7.44. The SMILES string of the molecule is COc1ccccc1-c1noc(CNC(=O)C2CC2)n1. The van der Waals surface area contributed by atoms with E-state index >= 15 is 0 Å². The fourth-order valence-corrected chi connectivity index (χ4v) is 1.92. The second-order valence-electron chi connectivity index (χ2n) is 4.70. The molecule has 3 rings (SSSR count). The highest BCUT2D eigenvalue weighted by Crippen LogP contribution is 2.29. The lowest BCUT2D eigenvalue weighted by Crippen LogP contribution is -2.24. The smallest absolute Gasteiger partial charge is 0.246 e. The first kappa shape index (κ1) is 12.7. The number of nitrogens with zero attached hydrogens (tertiary/aromatic N) is 2. The van der Waals surface area contributed by atoms with Gasteiger partial charge in [-0.3, -0.25) is 4.79 Å². The van der Waals surface area contributed by atoms with Gasteiger partial charge in [0.2, 0.25) is 17.6 Å². The number of carbonyl (C=O) groups excluding carboxylic acids is 1. The van der Waals surface area contributed by atoms with E-state index in [4.69, 9.17) is 9.26 Å². The van der Waals surface area contributed by atoms with Crippen molar-refractivity contribution in [3.8, 4) is 17.1 Å². The molecule has 1 N–H and O–H groups in total. The number of hydrogen-bond donors (Lipinski definition) is 1. The van der Waals surface area contributed by atoms with Gasteiger partial charge in [-0.1, -0.05) is 17.3 Å². The van der Waals surface area contributed by atoms with Crippen LogP contribution in [-0.4, -0.2) is 23.2 Å². The van der Waals surface area contributed by atoms with E-state index in [1.54, 1.807) is 7.11 Å². The molecule has 1 amide bonds. The molecule has 104 valence electrons. The number of nitrogens with one attached hydrogen (secondary N) is 1. The maximum atomic E-state index is 11.5. The molecule has 6 nitrogen and oxygen atoms in total. The Morgan fingerprint density at radius 3 is 3.00 bits per heavy atom. The minimum absolute atomic E-state index is 0.0574. The molecule has 0 saturated heterocycles. The van der Waals surface area contributed by atoms with Gasteiger partial charge in [0, 0.05) is 5.92 Å². The Labute approximate surface area is 116 Å². The summed E-state index contributed by atoms with van der Waals surface area (Å²) in [5, 5.41) is 6.70. The first-order valence-electron chi connectivity index (χ1n) is 6.51. The van der Waals surface area contributed by atoms with E-state index in [0.717, 1.165) is 18.4 Å². The number of amides is 1. The molecular formula is C14H15N3O3. The average molecular weight is 273 g/mol. The lowest BCUT2D eigenvalue weighted by atomic mass is 10.2. The zero-order chi connectivity index (χ0) is 13.9. The first-order valence-corrected chi connectivity index (χ1v) is 6.51. The molecule has 1 aliphatic carbocycles. The van der Waals surface area contributed by atoms with Crippen LogP contribution in [0.2, 0.25) is 0 Å². The Bertz CT molecular complexity index is 620. The van der Waals surface area contributed by atoms with Gasteiger partial charge in [0.1, 0.15) is 5.75 Å². The van der Waals surface area contributed by atoms with Crippen molar-refractivity contribution in [2.24, 2.45) is 5.92 Å². The predicted molar refractivity (Wildman–Crippen MR) is 70.9 cm³/mol. The zero-order valence-corrected chi connectivity index (χ0v) is 11.1. The van der Waals surface area contributed by atoms with Crippen LogP contribution in [0.5, 0.6) is 5.75 Å². The molecule has 0 bridgehead atoms. The summed E-state index contributed by atoms with van der Waals surface area (Å²) < 4.78 is 10.4. The summed E-state index contributed by atoms with van der Waals surface area (Å²) in [5.74, 6) is 1.76. The van der Waals surface area contributed by atoms with E-state index < -0.39 is 0 Å². The fourth-order valence-electron chi connectivity index (χ4n) is 1.92. The second kappa shape index (κ2) is 5.32. The molecule has 1 aliphatic rings. The van der Waals surface area contributed by atoms with Crippen LogP contribution in [0.4, 0.5) is 0 Å². The maximum absolute atomic E-state index is 11.5. The third kappa shape index (κ3) is 2.64. The fraction of sp³-hybridized carbons (Fsp3) is 0.357. The summed E-state index contributed by atoms with van der Waals surface area (Å²) in [6.07, 6.45) is 1.95. The van der Waals surface area contributed by atoms with Crippen LogP contribution in [-0.2, 0) is 11.3 Å². The van der Waals surface area contributed by atoms with Crippen molar-refractivity contribution >= 4 is 5.91 Å². The van der Waals surface area contributed by atoms with E-state index in [1.165, 1.54) is 0 Å². The molecule has 1 fully saturated rings. The lowest BCUT2D eigenvalue weighted by Gasteiger charge is -2.03. The van der Waals surface area contributed by atoms with Crippen LogP contribution < -0.4 is 10.1 Å². The monoisotopic (exact) mass is 273 g/mol. The third-order valence-electron chi connectivity index (χ3n) is 3.18. The molecule has 0 aliphatic heterocycles. The molecule has 0 spiro atoms. The Morgan fingerprint density at radius 2 is 2.25 bits per heavy atom. The van der Waals surface area contributed by atoms with E-state index in [9.17, 15) is 4.79 Å². The highest BCUT2D eigenvalue weighted by molar-refractivity contribution is 5.80. The van der Waals surface area contributed by atoms with Crippen molar-refractivity contribution in [3.05, 3.63) is 30.2 Å². The molecule has 2 aromatic rings. The Balaban J connectivity index is 1.71. The molecule has 1 aromatic carbocycles. The van der Waals surface area contributed by atoms with E-state index in [2.05, 4.69) is 15.5 Å². The minimum atomic E-state index is 0.0574. The van der Waals surface area contributed by atoms with Crippen LogP contribution in [0.15, 0.2) is 28.8 Å². The molecule has 0 radical (unpaired) electrons. The predicted octanol–water partition coefficient (Wildman–Crippen LogP) is 1.77. The van der Waals surface area contributed by atoms with Gasteiger partial charge in [-0.15, -0.1) is 0 Å². The molecule has 1 aromatic heterocycles. The minimum Gasteiger partial charge on any atom is -0.496 e. The number of para-hydroxylation sites is 1. The van der Waals surface area contributed by atoms with Crippen molar-refractivity contribution in [2.75, 3.05) is 7.11 Å². The van der Waals surface area contributed by atoms with Crippen LogP contribution in [0.3, 0.4) is 0 Å². The van der Waals surface area contributed by atoms with Crippen LogP contribution in [0.1, 0.15) is 18.7 Å². The van der Waals surface area contributed by atoms with Crippen LogP contribution in [0.25, 0.3) is 11.4 Å². The number of methoxy groups -OCH3 is 1. The standard InChI is InChI=1S/C14H15N3O3/c1-19-11-5-3-2-4-10(11)13-16-12(20-17-13)8-15-14(18)9-6-7-9/h2-5,9H,6-8H2,1H3,(H,15,18). The number of rotatable bonds is 5. The lowest BCUT2D eigenvalue weighted by molar-refractivity contribution is -0.122. The van der Waals surface area contributed by atoms with E-state index in [0.29, 0.717) is 17.5 Å². The van der Waals surface area contributed by atoms with Crippen molar-refractivity contribution in [2.45, 2.75) is 19.4 Å². The topological polar surface area (TPSA) is 77.3 Å². The van der Waals surface area contributed by atoms with Crippen molar-refractivity contribution in [1.29, 1.82) is 0 Å². The van der Waals surface area contributed by atoms with Crippen molar-refractivity contribution in [3.63, 3.8) is 0 Å². The van der Waals surface area contributed by atoms with E-state index in [-0.39, 0.29) is 18.4 Å². The Kier molecular flexibility index (Phi) is 3.37. The van der Waals surface area contributed by atoms with Gasteiger partial charge in [-0.2, -0.15) is 4.98 Å². The summed E-state index contributed by atoms with van der Waals surface area (Å²) in [6.45, 7) is 0.261. The molecule has 0 unspecified atom stereocenters. The normalized spacial score (nSPS) is 14.1. The van der Waals surface area contributed by atoms with Gasteiger partial charge in [-0.25, -0.2) is 0 Å². The van der Waals surface area contributed by atoms with Crippen molar-refractivity contribution < 1.29 is 14.1 Å². The number of benzene rings is 1. The molecule has 6 heteroatoms. The van der Waals surface area contributed by atoms with Gasteiger partial charge < -0.3 is 14.6 Å². The summed E-state index contributed by atoms with van der Waals surface area (Å²) in [4.78, 5) is 15.8. The van der Waals surface area contributed by atoms with Gasteiger partial charge in [0.15, 0.2) is 0 Å². The number of hydrogen-bond acceptors (Lipinski definition) is 5. The third-order valence-corrected chi connectivity index (χ3v) is 3.18. The van der Waals surface area contributed by atoms with Gasteiger partial charge in [0.05, 0.1) is 19.2 Å². The maximum Gasteiger partial charge on any atom is 0.246 e. The highest BCUT2D eigenvalue weighted by Gasteiger charge is 2.29. The first-order chi connectivity index (χ1) is 9.78. The van der Waals surface area contributed by atoms with Gasteiger partial charge >= 0.3 is 0 Å². The largest absolute Gasteiger partial charge is 0.496 e. The summed E-state index contributed by atoms with van der Waals surface area (Å²) in [7, 11) is 1.59. The molecule has 1 heterocycles. The number of ether oxygens (including phenoxy) is 1. The molecule has 20 heavy (non-hydrogen) atoms. The van der Waals surface area contributed by atoms with Crippen molar-refractivity contribution in [1.82, 2.24) is 15.5 Å². The van der Waals surface area contributed by atoms with E-state index in [1.807, 2.05) is 24.3 Å². The van der Waals surface area contributed by atoms with Crippen LogP contribution in [0, 0.1) is 5.92 Å². The number of aromatic nitrogens is 2. The van der Waals surface area contributed by atoms with Gasteiger partial charge in [0.25, 0.3) is 0 Å². The molecule has 0 atom stereocenters. The van der Waals surface area contributed by atoms with Crippen LogP contribution >= 0.6 is 0 Å². The quantitative estimate of drug-likeness (QED) is 0.898. The number of carbonyl (C=O) groups is 1. The van der Waals surface area contributed by atoms with Gasteiger partial charge in [-0.05, 0) is 25.0 Å². The second-order valence-corrected chi connectivity index (χ2v) is 4.70. The molecular weight excluding hydrogens is 258 g/mol. The average Bonchev–Trinajstić information content (AvgIpc) is 3.23. The summed E-state index contributed by atoms with van der Waals surface area (Å²) in [5.41, 5.74) is 0.763. The Hall–Kier alpha value is -2.37. The molecule has 1 saturated carbocycles. The highest BCUT2D eigenvalue weighted by atomic mass is 16.5. The zero-order valence-electron chi connectivity index (χ0n) is 11.1. The summed E-state index contributed by atoms with van der Waals surface area (Å²) >= 11 is 0.